The van der Waals surface area contributed by atoms with Crippen molar-refractivity contribution in [2.24, 2.45) is 0 Å². The smallest absolute Gasteiger partial charge is 0.256 e. The molecule has 0 saturated heterocycles. The van der Waals surface area contributed by atoms with Gasteiger partial charge in [0.05, 0.1) is 0 Å². The van der Waals surface area contributed by atoms with Crippen molar-refractivity contribution < 1.29 is 9.53 Å². The van der Waals surface area contributed by atoms with E-state index in [9.17, 15) is 4.79 Å². The first-order valence-corrected chi connectivity index (χ1v) is 5.59. The predicted octanol–water partition coefficient (Wildman–Crippen LogP) is 1.77. The molecule has 0 fully saturated rings. The molecule has 4 nitrogen and oxygen atoms in total. The molecule has 0 atom stereocenters. The summed E-state index contributed by atoms with van der Waals surface area (Å²) in [6.45, 7) is 4.25. The van der Waals surface area contributed by atoms with E-state index in [0.717, 1.165) is 17.8 Å². The van der Waals surface area contributed by atoms with Crippen LogP contribution in [-0.4, -0.2) is 25.7 Å². The maximum Gasteiger partial charge on any atom is 0.256 e. The number of ether oxygens (including phenoxy) is 1. The minimum absolute atomic E-state index is 0.151. The van der Waals surface area contributed by atoms with Gasteiger partial charge in [-0.1, -0.05) is 12.1 Å². The van der Waals surface area contributed by atoms with Gasteiger partial charge in [0.25, 0.3) is 5.91 Å². The van der Waals surface area contributed by atoms with Gasteiger partial charge in [0.15, 0.2) is 0 Å². The van der Waals surface area contributed by atoms with Crippen LogP contribution in [0.25, 0.3) is 0 Å². The van der Waals surface area contributed by atoms with Crippen LogP contribution in [0.4, 0.5) is 5.69 Å². The molecule has 17 heavy (non-hydrogen) atoms. The molecule has 1 aromatic carbocycles. The van der Waals surface area contributed by atoms with E-state index >= 15 is 0 Å². The molecule has 94 valence electrons. The lowest BCUT2D eigenvalue weighted by molar-refractivity contribution is -0.133. The van der Waals surface area contributed by atoms with E-state index in [1.807, 2.05) is 31.3 Å². The Morgan fingerprint density at radius 2 is 2.12 bits per heavy atom. The van der Waals surface area contributed by atoms with Crippen LogP contribution in [0.15, 0.2) is 24.3 Å². The monoisotopic (exact) mass is 236 g/mol. The van der Waals surface area contributed by atoms with Crippen LogP contribution >= 0.6 is 0 Å². The molecule has 1 amide bonds. The lowest BCUT2D eigenvalue weighted by Gasteiger charge is -2.21. The van der Waals surface area contributed by atoms with Crippen LogP contribution in [0.3, 0.4) is 0 Å². The second-order valence-corrected chi connectivity index (χ2v) is 4.40. The molecule has 0 radical (unpaired) electrons. The van der Waals surface area contributed by atoms with Crippen molar-refractivity contribution in [3.8, 4) is 0 Å². The highest BCUT2D eigenvalue weighted by molar-refractivity contribution is 5.96. The van der Waals surface area contributed by atoms with Crippen molar-refractivity contribution in [1.29, 1.82) is 0 Å². The van der Waals surface area contributed by atoms with Crippen LogP contribution in [-0.2, 0) is 16.1 Å². The molecular weight excluding hydrogens is 216 g/mol. The van der Waals surface area contributed by atoms with E-state index in [4.69, 9.17) is 4.74 Å². The summed E-state index contributed by atoms with van der Waals surface area (Å²) in [6.07, 6.45) is 0. The van der Waals surface area contributed by atoms with E-state index in [1.165, 1.54) is 7.11 Å². The van der Waals surface area contributed by atoms with Crippen LogP contribution in [0, 0.1) is 0 Å². The zero-order valence-corrected chi connectivity index (χ0v) is 10.8. The van der Waals surface area contributed by atoms with Gasteiger partial charge in [0.1, 0.15) is 5.60 Å². The zero-order valence-electron chi connectivity index (χ0n) is 10.8. The number of amides is 1. The topological polar surface area (TPSA) is 50.4 Å². The van der Waals surface area contributed by atoms with Gasteiger partial charge in [-0.15, -0.1) is 0 Å². The summed E-state index contributed by atoms with van der Waals surface area (Å²) in [5.41, 5.74) is 1.09. The number of methoxy groups -OCH3 is 1. The molecule has 0 heterocycles. The molecule has 0 aliphatic heterocycles. The van der Waals surface area contributed by atoms with Crippen molar-refractivity contribution in [3.05, 3.63) is 29.8 Å². The molecule has 0 unspecified atom stereocenters. The fraction of sp³-hybridized carbons (Fsp3) is 0.462. The summed E-state index contributed by atoms with van der Waals surface area (Å²) < 4.78 is 5.13. The SMILES string of the molecule is CNCc1cccc(NC(=O)C(C)(C)OC)c1. The van der Waals surface area contributed by atoms with E-state index in [1.54, 1.807) is 13.8 Å². The molecule has 1 rings (SSSR count). The molecule has 0 bridgehead atoms. The summed E-state index contributed by atoms with van der Waals surface area (Å²) in [4.78, 5) is 11.9. The van der Waals surface area contributed by atoms with Gasteiger partial charge >= 0.3 is 0 Å². The third kappa shape index (κ3) is 3.84. The number of hydrogen-bond donors (Lipinski definition) is 2. The number of anilines is 1. The Bertz CT molecular complexity index is 389. The maximum absolute atomic E-state index is 11.9. The average molecular weight is 236 g/mol. The number of rotatable bonds is 5. The third-order valence-electron chi connectivity index (χ3n) is 2.62. The molecule has 0 aromatic heterocycles. The number of carbonyl (C=O) groups excluding carboxylic acids is 1. The molecule has 2 N–H and O–H groups in total. The highest BCUT2D eigenvalue weighted by atomic mass is 16.5. The number of hydrogen-bond acceptors (Lipinski definition) is 3. The Labute approximate surface area is 102 Å². The third-order valence-corrected chi connectivity index (χ3v) is 2.62. The lowest BCUT2D eigenvalue weighted by atomic mass is 10.1. The molecule has 0 aliphatic carbocycles. The first-order valence-electron chi connectivity index (χ1n) is 5.59. The normalized spacial score (nSPS) is 11.3. The first-order chi connectivity index (χ1) is 7.99. The Morgan fingerprint density at radius 3 is 2.71 bits per heavy atom. The van der Waals surface area contributed by atoms with Crippen molar-refractivity contribution in [3.63, 3.8) is 0 Å². The first kappa shape index (κ1) is 13.7. The fourth-order valence-corrected chi connectivity index (χ4v) is 1.34. The van der Waals surface area contributed by atoms with E-state index in [0.29, 0.717) is 0 Å². The van der Waals surface area contributed by atoms with Crippen molar-refractivity contribution in [2.45, 2.75) is 26.0 Å². The zero-order chi connectivity index (χ0) is 12.9. The van der Waals surface area contributed by atoms with Crippen molar-refractivity contribution >= 4 is 11.6 Å². The van der Waals surface area contributed by atoms with Crippen LogP contribution < -0.4 is 10.6 Å². The minimum Gasteiger partial charge on any atom is -0.369 e. The van der Waals surface area contributed by atoms with Gasteiger partial charge < -0.3 is 15.4 Å². The predicted molar refractivity (Wildman–Crippen MR) is 68.9 cm³/mol. The number of nitrogens with one attached hydrogen (secondary N) is 2. The van der Waals surface area contributed by atoms with Gasteiger partial charge in [-0.25, -0.2) is 0 Å². The average Bonchev–Trinajstić information content (AvgIpc) is 2.30. The van der Waals surface area contributed by atoms with Gasteiger partial charge in [-0.3, -0.25) is 4.79 Å². The maximum atomic E-state index is 11.9. The minimum atomic E-state index is -0.820. The molecule has 0 spiro atoms. The molecule has 0 saturated carbocycles. The van der Waals surface area contributed by atoms with Crippen molar-refractivity contribution in [2.75, 3.05) is 19.5 Å². The molecule has 0 aliphatic rings. The Morgan fingerprint density at radius 1 is 1.41 bits per heavy atom. The van der Waals surface area contributed by atoms with E-state index in [-0.39, 0.29) is 5.91 Å². The summed E-state index contributed by atoms with van der Waals surface area (Å²) in [6, 6.07) is 7.73. The quantitative estimate of drug-likeness (QED) is 0.819. The second-order valence-electron chi connectivity index (χ2n) is 4.40. The lowest BCUT2D eigenvalue weighted by Crippen LogP contribution is -2.38. The molecule has 1 aromatic rings. The van der Waals surface area contributed by atoms with Crippen molar-refractivity contribution in [1.82, 2.24) is 5.32 Å². The Kier molecular flexibility index (Phi) is 4.66. The van der Waals surface area contributed by atoms with Gasteiger partial charge in [-0.05, 0) is 38.6 Å². The number of benzene rings is 1. The molecule has 4 heteroatoms. The fourth-order valence-electron chi connectivity index (χ4n) is 1.34. The van der Waals surface area contributed by atoms with Crippen LogP contribution in [0.5, 0.6) is 0 Å². The summed E-state index contributed by atoms with van der Waals surface area (Å²) in [5.74, 6) is -0.151. The Balaban J connectivity index is 2.75. The standard InChI is InChI=1S/C13H20N2O2/c1-13(2,17-4)12(16)15-11-7-5-6-10(8-11)9-14-3/h5-8,14H,9H2,1-4H3,(H,15,16). The largest absolute Gasteiger partial charge is 0.369 e. The van der Waals surface area contributed by atoms with Gasteiger partial charge in [0.2, 0.25) is 0 Å². The van der Waals surface area contributed by atoms with Gasteiger partial charge in [0, 0.05) is 19.3 Å². The Hall–Kier alpha value is -1.39. The van der Waals surface area contributed by atoms with Crippen LogP contribution in [0.1, 0.15) is 19.4 Å². The van der Waals surface area contributed by atoms with Crippen LogP contribution in [0.2, 0.25) is 0 Å². The van der Waals surface area contributed by atoms with Gasteiger partial charge in [-0.2, -0.15) is 0 Å². The highest BCUT2D eigenvalue weighted by Crippen LogP contribution is 2.15. The highest BCUT2D eigenvalue weighted by Gasteiger charge is 2.26. The second kappa shape index (κ2) is 5.80. The summed E-state index contributed by atoms with van der Waals surface area (Å²) >= 11 is 0. The summed E-state index contributed by atoms with van der Waals surface area (Å²) in [5, 5.41) is 5.91. The number of carbonyl (C=O) groups is 1. The molecular formula is C13H20N2O2. The van der Waals surface area contributed by atoms with E-state index < -0.39 is 5.60 Å². The van der Waals surface area contributed by atoms with E-state index in [2.05, 4.69) is 10.6 Å². The summed E-state index contributed by atoms with van der Waals surface area (Å²) in [7, 11) is 3.41.